The number of nitrogens with one attached hydrogen (secondary N) is 2. The van der Waals surface area contributed by atoms with Gasteiger partial charge in [0.1, 0.15) is 17.2 Å². The molecular weight excluding hydrogens is 444 g/mol. The van der Waals surface area contributed by atoms with Gasteiger partial charge in [-0.15, -0.1) is 0 Å². The molecule has 0 saturated carbocycles. The predicted octanol–water partition coefficient (Wildman–Crippen LogP) is 3.63. The largest absolute Gasteiger partial charge is 0.457 e. The number of hydrogen-bond donors (Lipinski definition) is 2. The molecule has 4 aromatic rings. The molecule has 1 amide bonds. The lowest BCUT2D eigenvalue weighted by molar-refractivity contribution is 0.0958. The van der Waals surface area contributed by atoms with E-state index >= 15 is 0 Å². The summed E-state index contributed by atoms with van der Waals surface area (Å²) in [5, 5.41) is 6.76. The average molecular weight is 471 g/mol. The standard InChI is InChI=1S/C26H26N6O3/c1-27-25(33)23-15-21(8-9-28-23)35-20-6-7-22-19(14-20)17-30-26(31-22)29-16-18-4-2-3-5-24(18)32-10-12-34-13-11-32/h2-9,14-15,17H,10-13,16H2,1H3,(H,27,33)(H,29,30,31). The minimum atomic E-state index is -0.269. The SMILES string of the molecule is CNC(=O)c1cc(Oc2ccc3nc(NCc4ccccc4N4CCOCC4)ncc3c2)ccn1. The second-order valence-electron chi connectivity index (χ2n) is 8.05. The quantitative estimate of drug-likeness (QED) is 0.422. The number of aromatic nitrogens is 3. The number of pyridine rings is 1. The van der Waals surface area contributed by atoms with Gasteiger partial charge in [-0.25, -0.2) is 9.97 Å². The van der Waals surface area contributed by atoms with Gasteiger partial charge >= 0.3 is 0 Å². The second-order valence-corrected chi connectivity index (χ2v) is 8.05. The molecule has 0 bridgehead atoms. The molecule has 1 aliphatic rings. The lowest BCUT2D eigenvalue weighted by atomic mass is 10.1. The summed E-state index contributed by atoms with van der Waals surface area (Å²) in [5.74, 6) is 1.44. The van der Waals surface area contributed by atoms with Crippen molar-refractivity contribution in [3.05, 3.63) is 78.2 Å². The Hall–Kier alpha value is -4.24. The fourth-order valence-electron chi connectivity index (χ4n) is 3.97. The van der Waals surface area contributed by atoms with Crippen LogP contribution in [0.2, 0.25) is 0 Å². The highest BCUT2D eigenvalue weighted by atomic mass is 16.5. The van der Waals surface area contributed by atoms with E-state index in [1.807, 2.05) is 24.3 Å². The van der Waals surface area contributed by atoms with E-state index in [1.54, 1.807) is 31.6 Å². The van der Waals surface area contributed by atoms with Crippen LogP contribution in [0.3, 0.4) is 0 Å². The van der Waals surface area contributed by atoms with Gasteiger partial charge in [0.15, 0.2) is 0 Å². The summed E-state index contributed by atoms with van der Waals surface area (Å²) in [6, 6.07) is 17.3. The number of fused-ring (bicyclic) bond motifs is 1. The van der Waals surface area contributed by atoms with Gasteiger partial charge in [0.25, 0.3) is 5.91 Å². The minimum absolute atomic E-state index is 0.269. The monoisotopic (exact) mass is 470 g/mol. The number of morpholine rings is 1. The summed E-state index contributed by atoms with van der Waals surface area (Å²) in [6.07, 6.45) is 3.31. The van der Waals surface area contributed by atoms with Crippen molar-refractivity contribution in [1.82, 2.24) is 20.3 Å². The molecule has 1 saturated heterocycles. The summed E-state index contributed by atoms with van der Waals surface area (Å²) in [5.41, 5.74) is 3.49. The molecule has 5 rings (SSSR count). The number of amides is 1. The van der Waals surface area contributed by atoms with E-state index in [1.165, 1.54) is 11.3 Å². The van der Waals surface area contributed by atoms with Gasteiger partial charge in [-0.05, 0) is 35.9 Å². The van der Waals surface area contributed by atoms with Gasteiger partial charge in [-0.1, -0.05) is 18.2 Å². The fraction of sp³-hybridized carbons (Fsp3) is 0.231. The third-order valence-corrected chi connectivity index (χ3v) is 5.76. The lowest BCUT2D eigenvalue weighted by Crippen LogP contribution is -2.36. The van der Waals surface area contributed by atoms with Crippen molar-refractivity contribution < 1.29 is 14.3 Å². The molecule has 9 nitrogen and oxygen atoms in total. The Balaban J connectivity index is 1.28. The molecule has 0 aliphatic carbocycles. The topological polar surface area (TPSA) is 102 Å². The van der Waals surface area contributed by atoms with Crippen LogP contribution in [0.25, 0.3) is 10.9 Å². The van der Waals surface area contributed by atoms with E-state index < -0.39 is 0 Å². The normalized spacial score (nSPS) is 13.5. The number of ether oxygens (including phenoxy) is 2. The van der Waals surface area contributed by atoms with E-state index in [2.05, 4.69) is 48.7 Å². The summed E-state index contributed by atoms with van der Waals surface area (Å²) in [7, 11) is 1.56. The van der Waals surface area contributed by atoms with E-state index in [4.69, 9.17) is 9.47 Å². The lowest BCUT2D eigenvalue weighted by Gasteiger charge is -2.30. The first-order chi connectivity index (χ1) is 17.2. The van der Waals surface area contributed by atoms with E-state index in [-0.39, 0.29) is 5.91 Å². The molecular formula is C26H26N6O3. The molecule has 2 aromatic heterocycles. The highest BCUT2D eigenvalue weighted by molar-refractivity contribution is 5.92. The third kappa shape index (κ3) is 5.30. The number of carbonyl (C=O) groups is 1. The Morgan fingerprint density at radius 2 is 1.89 bits per heavy atom. The van der Waals surface area contributed by atoms with E-state index in [0.717, 1.165) is 37.2 Å². The number of rotatable bonds is 7. The molecule has 0 unspecified atom stereocenters. The van der Waals surface area contributed by atoms with E-state index in [0.29, 0.717) is 29.7 Å². The zero-order valence-electron chi connectivity index (χ0n) is 19.4. The fourth-order valence-corrected chi connectivity index (χ4v) is 3.97. The van der Waals surface area contributed by atoms with Gasteiger partial charge in [0.05, 0.1) is 18.7 Å². The maximum atomic E-state index is 11.8. The Morgan fingerprint density at radius 3 is 2.74 bits per heavy atom. The van der Waals surface area contributed by atoms with Crippen molar-refractivity contribution >= 4 is 28.4 Å². The number of benzene rings is 2. The maximum absolute atomic E-state index is 11.8. The highest BCUT2D eigenvalue weighted by Crippen LogP contribution is 2.26. The molecule has 2 aromatic carbocycles. The molecule has 1 fully saturated rings. The molecule has 3 heterocycles. The Bertz CT molecular complexity index is 1340. The van der Waals surface area contributed by atoms with Crippen LogP contribution in [0.1, 0.15) is 16.1 Å². The van der Waals surface area contributed by atoms with Gasteiger partial charge in [0.2, 0.25) is 5.95 Å². The summed E-state index contributed by atoms with van der Waals surface area (Å²) in [6.45, 7) is 3.90. The van der Waals surface area contributed by atoms with Crippen molar-refractivity contribution in [3.8, 4) is 11.5 Å². The van der Waals surface area contributed by atoms with Crippen LogP contribution >= 0.6 is 0 Å². The molecule has 1 aliphatic heterocycles. The Morgan fingerprint density at radius 1 is 1.06 bits per heavy atom. The second kappa shape index (κ2) is 10.4. The van der Waals surface area contributed by atoms with Gasteiger partial charge in [-0.3, -0.25) is 9.78 Å². The van der Waals surface area contributed by atoms with Crippen molar-refractivity contribution in [2.24, 2.45) is 0 Å². The summed E-state index contributed by atoms with van der Waals surface area (Å²) in [4.78, 5) is 27.4. The molecule has 0 atom stereocenters. The van der Waals surface area contributed by atoms with Crippen molar-refractivity contribution in [2.45, 2.75) is 6.54 Å². The summed E-state index contributed by atoms with van der Waals surface area (Å²) < 4.78 is 11.4. The molecule has 2 N–H and O–H groups in total. The zero-order chi connectivity index (χ0) is 24.0. The van der Waals surface area contributed by atoms with Crippen LogP contribution in [0.5, 0.6) is 11.5 Å². The molecule has 35 heavy (non-hydrogen) atoms. The van der Waals surface area contributed by atoms with E-state index in [9.17, 15) is 4.79 Å². The van der Waals surface area contributed by atoms with Crippen molar-refractivity contribution in [3.63, 3.8) is 0 Å². The first-order valence-electron chi connectivity index (χ1n) is 11.5. The first-order valence-corrected chi connectivity index (χ1v) is 11.5. The van der Waals surface area contributed by atoms with Crippen LogP contribution in [0.15, 0.2) is 67.0 Å². The molecule has 178 valence electrons. The van der Waals surface area contributed by atoms with Crippen molar-refractivity contribution in [2.75, 3.05) is 43.6 Å². The predicted molar refractivity (Wildman–Crippen MR) is 134 cm³/mol. The van der Waals surface area contributed by atoms with Crippen LogP contribution < -0.4 is 20.3 Å². The van der Waals surface area contributed by atoms with Crippen LogP contribution in [-0.4, -0.2) is 54.2 Å². The average Bonchev–Trinajstić information content (AvgIpc) is 2.92. The minimum Gasteiger partial charge on any atom is -0.457 e. The highest BCUT2D eigenvalue weighted by Gasteiger charge is 2.14. The molecule has 0 radical (unpaired) electrons. The summed E-state index contributed by atoms with van der Waals surface area (Å²) >= 11 is 0. The smallest absolute Gasteiger partial charge is 0.269 e. The number of hydrogen-bond acceptors (Lipinski definition) is 8. The zero-order valence-corrected chi connectivity index (χ0v) is 19.4. The number of carbonyl (C=O) groups excluding carboxylic acids is 1. The van der Waals surface area contributed by atoms with Gasteiger partial charge in [0, 0.05) is 56.2 Å². The number of nitrogens with zero attached hydrogens (tertiary/aromatic N) is 4. The Kier molecular flexibility index (Phi) is 6.67. The molecule has 0 spiro atoms. The van der Waals surface area contributed by atoms with Crippen LogP contribution in [0.4, 0.5) is 11.6 Å². The van der Waals surface area contributed by atoms with Crippen molar-refractivity contribution in [1.29, 1.82) is 0 Å². The number of anilines is 2. The Labute approximate surface area is 203 Å². The van der Waals surface area contributed by atoms with Gasteiger partial charge < -0.3 is 25.0 Å². The third-order valence-electron chi connectivity index (χ3n) is 5.76. The molecule has 9 heteroatoms. The number of para-hydroxylation sites is 1. The van der Waals surface area contributed by atoms with Gasteiger partial charge in [-0.2, -0.15) is 0 Å². The first kappa shape index (κ1) is 22.5. The maximum Gasteiger partial charge on any atom is 0.269 e. The van der Waals surface area contributed by atoms with Crippen LogP contribution in [0, 0.1) is 0 Å². The van der Waals surface area contributed by atoms with Crippen LogP contribution in [-0.2, 0) is 11.3 Å².